The van der Waals surface area contributed by atoms with Crippen LogP contribution in [0.3, 0.4) is 0 Å². The topological polar surface area (TPSA) is 88.3 Å². The van der Waals surface area contributed by atoms with Crippen molar-refractivity contribution in [1.82, 2.24) is 9.88 Å². The summed E-state index contributed by atoms with van der Waals surface area (Å²) in [4.78, 5) is 29.4. The first kappa shape index (κ1) is 21.1. The molecule has 6 nitrogen and oxygen atoms in total. The first-order valence-electron chi connectivity index (χ1n) is 6.75. The van der Waals surface area contributed by atoms with Crippen molar-refractivity contribution < 1.29 is 9.59 Å². The highest BCUT2D eigenvalue weighted by Gasteiger charge is 2.30. The molecule has 9 heteroatoms. The van der Waals surface area contributed by atoms with E-state index >= 15 is 0 Å². The third-order valence-corrected chi connectivity index (χ3v) is 4.27. The van der Waals surface area contributed by atoms with Crippen LogP contribution in [0.25, 0.3) is 0 Å². The lowest BCUT2D eigenvalue weighted by atomic mass is 9.92. The molecule has 0 spiro atoms. The molecular weight excluding hydrogens is 347 g/mol. The Balaban J connectivity index is 0.00000220. The van der Waals surface area contributed by atoms with E-state index in [0.29, 0.717) is 23.3 Å². The quantitative estimate of drug-likeness (QED) is 0.855. The molecule has 22 heavy (non-hydrogen) atoms. The molecular formula is C13H22Cl2N4O2S. The van der Waals surface area contributed by atoms with E-state index < -0.39 is 0 Å². The number of amides is 2. The van der Waals surface area contributed by atoms with Crippen molar-refractivity contribution in [2.45, 2.75) is 32.7 Å². The Morgan fingerprint density at radius 1 is 1.50 bits per heavy atom. The van der Waals surface area contributed by atoms with E-state index in [1.54, 1.807) is 5.38 Å². The Morgan fingerprint density at radius 3 is 2.77 bits per heavy atom. The lowest BCUT2D eigenvalue weighted by Crippen LogP contribution is -2.49. The predicted molar refractivity (Wildman–Crippen MR) is 93.2 cm³/mol. The van der Waals surface area contributed by atoms with Crippen LogP contribution < -0.4 is 11.1 Å². The van der Waals surface area contributed by atoms with Crippen LogP contribution in [-0.4, -0.2) is 40.8 Å². The molecule has 2 heterocycles. The number of halogens is 2. The summed E-state index contributed by atoms with van der Waals surface area (Å²) in [6.45, 7) is 4.79. The number of nitrogens with one attached hydrogen (secondary N) is 1. The molecule has 3 N–H and O–H groups in total. The Bertz CT molecular complexity index is 512. The zero-order valence-electron chi connectivity index (χ0n) is 12.6. The van der Waals surface area contributed by atoms with Gasteiger partial charge in [-0.2, -0.15) is 0 Å². The van der Waals surface area contributed by atoms with Crippen LogP contribution in [0.1, 0.15) is 37.2 Å². The summed E-state index contributed by atoms with van der Waals surface area (Å²) >= 11 is 1.26. The monoisotopic (exact) mass is 368 g/mol. The number of hydrogen-bond donors (Lipinski definition) is 2. The molecule has 1 aromatic rings. The number of rotatable bonds is 3. The molecule has 0 aromatic carbocycles. The molecule has 2 rings (SSSR count). The van der Waals surface area contributed by atoms with E-state index in [0.717, 1.165) is 19.4 Å². The molecule has 2 amide bonds. The van der Waals surface area contributed by atoms with Gasteiger partial charge < -0.3 is 16.0 Å². The van der Waals surface area contributed by atoms with Gasteiger partial charge in [-0.25, -0.2) is 4.98 Å². The number of carbonyl (C=O) groups is 2. The first-order valence-corrected chi connectivity index (χ1v) is 7.63. The van der Waals surface area contributed by atoms with Crippen LogP contribution in [0.5, 0.6) is 0 Å². The Kier molecular flexibility index (Phi) is 8.92. The van der Waals surface area contributed by atoms with Crippen molar-refractivity contribution in [2.24, 2.45) is 11.7 Å². The van der Waals surface area contributed by atoms with Gasteiger partial charge in [0.15, 0.2) is 5.13 Å². The van der Waals surface area contributed by atoms with Crippen molar-refractivity contribution in [3.63, 3.8) is 0 Å². The molecule has 1 fully saturated rings. The Hall–Kier alpha value is -0.890. The van der Waals surface area contributed by atoms with Crippen LogP contribution in [0.15, 0.2) is 5.38 Å². The SMILES string of the molecule is CC(=O)Nc1nc(C(=O)N2CCC(C)CC2CN)cs1.Cl.Cl. The second-order valence-electron chi connectivity index (χ2n) is 5.24. The minimum absolute atomic E-state index is 0. The number of carbonyl (C=O) groups excluding carboxylic acids is 2. The number of piperidine rings is 1. The first-order chi connectivity index (χ1) is 9.51. The van der Waals surface area contributed by atoms with Gasteiger partial charge in [-0.15, -0.1) is 36.2 Å². The van der Waals surface area contributed by atoms with E-state index in [1.807, 2.05) is 4.90 Å². The van der Waals surface area contributed by atoms with E-state index in [9.17, 15) is 9.59 Å². The van der Waals surface area contributed by atoms with Gasteiger partial charge in [0, 0.05) is 31.4 Å². The highest BCUT2D eigenvalue weighted by atomic mass is 35.5. The predicted octanol–water partition coefficient (Wildman–Crippen LogP) is 2.14. The molecule has 1 aliphatic rings. The number of aromatic nitrogens is 1. The maximum absolute atomic E-state index is 12.5. The Morgan fingerprint density at radius 2 is 2.18 bits per heavy atom. The molecule has 0 radical (unpaired) electrons. The summed E-state index contributed by atoms with van der Waals surface area (Å²) in [7, 11) is 0. The average Bonchev–Trinajstić information content (AvgIpc) is 2.85. The van der Waals surface area contributed by atoms with Crippen LogP contribution in [0, 0.1) is 5.92 Å². The van der Waals surface area contributed by atoms with E-state index in [2.05, 4.69) is 17.2 Å². The average molecular weight is 369 g/mol. The lowest BCUT2D eigenvalue weighted by molar-refractivity contribution is -0.114. The highest BCUT2D eigenvalue weighted by molar-refractivity contribution is 7.14. The zero-order valence-corrected chi connectivity index (χ0v) is 15.0. The molecule has 2 atom stereocenters. The van der Waals surface area contributed by atoms with Crippen molar-refractivity contribution in [3.05, 3.63) is 11.1 Å². The summed E-state index contributed by atoms with van der Waals surface area (Å²) < 4.78 is 0. The normalized spacial score (nSPS) is 20.6. The molecule has 0 saturated carbocycles. The summed E-state index contributed by atoms with van der Waals surface area (Å²) in [6, 6.07) is 0.0807. The highest BCUT2D eigenvalue weighted by Crippen LogP contribution is 2.25. The number of nitrogens with zero attached hydrogens (tertiary/aromatic N) is 2. The summed E-state index contributed by atoms with van der Waals surface area (Å²) in [5, 5.41) is 4.72. The number of hydrogen-bond acceptors (Lipinski definition) is 5. The fraction of sp³-hybridized carbons (Fsp3) is 0.615. The minimum atomic E-state index is -0.190. The fourth-order valence-electron chi connectivity index (χ4n) is 2.47. The molecule has 126 valence electrons. The van der Waals surface area contributed by atoms with Gasteiger partial charge in [-0.05, 0) is 18.8 Å². The third-order valence-electron chi connectivity index (χ3n) is 3.52. The molecule has 1 aliphatic heterocycles. The molecule has 1 aromatic heterocycles. The van der Waals surface area contributed by atoms with Gasteiger partial charge >= 0.3 is 0 Å². The lowest BCUT2D eigenvalue weighted by Gasteiger charge is -2.37. The largest absolute Gasteiger partial charge is 0.333 e. The van der Waals surface area contributed by atoms with Gasteiger partial charge in [0.2, 0.25) is 5.91 Å². The maximum atomic E-state index is 12.5. The van der Waals surface area contributed by atoms with Crippen molar-refractivity contribution in [1.29, 1.82) is 0 Å². The number of likely N-dealkylation sites (tertiary alicyclic amines) is 1. The zero-order chi connectivity index (χ0) is 14.7. The summed E-state index contributed by atoms with van der Waals surface area (Å²) in [5.74, 6) is 0.308. The van der Waals surface area contributed by atoms with Crippen LogP contribution in [0.2, 0.25) is 0 Å². The van der Waals surface area contributed by atoms with Crippen molar-refractivity contribution in [3.8, 4) is 0 Å². The summed E-state index contributed by atoms with van der Waals surface area (Å²) in [6.07, 6.45) is 1.93. The summed E-state index contributed by atoms with van der Waals surface area (Å²) in [5.41, 5.74) is 6.16. The van der Waals surface area contributed by atoms with Crippen molar-refractivity contribution in [2.75, 3.05) is 18.4 Å². The van der Waals surface area contributed by atoms with Crippen LogP contribution >= 0.6 is 36.2 Å². The van der Waals surface area contributed by atoms with E-state index in [-0.39, 0.29) is 42.7 Å². The third kappa shape index (κ3) is 5.08. The Labute approximate surface area is 146 Å². The fourth-order valence-corrected chi connectivity index (χ4v) is 3.20. The number of anilines is 1. The standard InChI is InChI=1S/C13H20N4O2S.2ClH/c1-8-3-4-17(10(5-8)6-14)12(19)11-7-20-13(16-11)15-9(2)18;;/h7-8,10H,3-6,14H2,1-2H3,(H,15,16,18);2*1H. The van der Waals surface area contributed by atoms with E-state index in [4.69, 9.17) is 5.73 Å². The van der Waals surface area contributed by atoms with Gasteiger partial charge in [-0.3, -0.25) is 9.59 Å². The van der Waals surface area contributed by atoms with Gasteiger partial charge in [0.05, 0.1) is 0 Å². The van der Waals surface area contributed by atoms with Gasteiger partial charge in [0.25, 0.3) is 5.91 Å². The minimum Gasteiger partial charge on any atom is -0.333 e. The second-order valence-corrected chi connectivity index (χ2v) is 6.09. The molecule has 0 aliphatic carbocycles. The number of thiazole rings is 1. The molecule has 1 saturated heterocycles. The van der Waals surface area contributed by atoms with Crippen molar-refractivity contribution >= 4 is 53.1 Å². The number of nitrogens with two attached hydrogens (primary N) is 1. The molecule has 0 bridgehead atoms. The van der Waals surface area contributed by atoms with E-state index in [1.165, 1.54) is 18.3 Å². The van der Waals surface area contributed by atoms with Gasteiger partial charge in [-0.1, -0.05) is 6.92 Å². The smallest absolute Gasteiger partial charge is 0.273 e. The van der Waals surface area contributed by atoms with Crippen LogP contribution in [0.4, 0.5) is 5.13 Å². The van der Waals surface area contributed by atoms with Crippen LogP contribution in [-0.2, 0) is 4.79 Å². The van der Waals surface area contributed by atoms with Gasteiger partial charge in [0.1, 0.15) is 5.69 Å². The maximum Gasteiger partial charge on any atom is 0.273 e. The second kappa shape index (κ2) is 9.29. The molecule has 2 unspecified atom stereocenters.